The van der Waals surface area contributed by atoms with Gasteiger partial charge in [0.25, 0.3) is 0 Å². The second kappa shape index (κ2) is 5.92. The van der Waals surface area contributed by atoms with E-state index in [1.807, 2.05) is 0 Å². The molecule has 0 aliphatic rings. The monoisotopic (exact) mass is 338 g/mol. The molecule has 0 saturated carbocycles. The maximum atomic E-state index is 13.1. The van der Waals surface area contributed by atoms with Crippen molar-refractivity contribution in [3.63, 3.8) is 0 Å². The van der Waals surface area contributed by atoms with Gasteiger partial charge in [-0.1, -0.05) is 0 Å². The fourth-order valence-corrected chi connectivity index (χ4v) is 2.04. The summed E-state index contributed by atoms with van der Waals surface area (Å²) >= 11 is 3.22. The smallest absolute Gasteiger partial charge is 0.142 e. The minimum atomic E-state index is -0.373. The molecule has 0 saturated heterocycles. The lowest BCUT2D eigenvalue weighted by Crippen LogP contribution is -2.12. The number of hydrogen-bond donors (Lipinski definition) is 2. The van der Waals surface area contributed by atoms with Gasteiger partial charge in [0, 0.05) is 6.07 Å². The van der Waals surface area contributed by atoms with Crippen molar-refractivity contribution in [2.24, 2.45) is 5.73 Å². The fourth-order valence-electron chi connectivity index (χ4n) is 1.61. The van der Waals surface area contributed by atoms with E-state index in [0.29, 0.717) is 27.3 Å². The number of nitrogens with one attached hydrogen (secondary N) is 1. The van der Waals surface area contributed by atoms with Gasteiger partial charge in [-0.2, -0.15) is 0 Å². The van der Waals surface area contributed by atoms with Crippen molar-refractivity contribution in [3.8, 4) is 17.2 Å². The first-order valence-corrected chi connectivity index (χ1v) is 6.46. The fraction of sp³-hybridized carbons (Fsp3) is 0.0714. The molecule has 0 spiro atoms. The highest BCUT2D eigenvalue weighted by atomic mass is 79.9. The van der Waals surface area contributed by atoms with Crippen LogP contribution in [0.3, 0.4) is 0 Å². The molecule has 0 heterocycles. The van der Waals surface area contributed by atoms with Gasteiger partial charge in [0.1, 0.15) is 28.9 Å². The lowest BCUT2D eigenvalue weighted by Gasteiger charge is -2.13. The highest BCUT2D eigenvalue weighted by Crippen LogP contribution is 2.33. The second-order valence-electron chi connectivity index (χ2n) is 3.95. The lowest BCUT2D eigenvalue weighted by atomic mass is 10.1. The van der Waals surface area contributed by atoms with Crippen LogP contribution in [-0.4, -0.2) is 12.9 Å². The van der Waals surface area contributed by atoms with Crippen LogP contribution in [0.1, 0.15) is 5.56 Å². The van der Waals surface area contributed by atoms with Gasteiger partial charge in [0.2, 0.25) is 0 Å². The molecule has 20 heavy (non-hydrogen) atoms. The third-order valence-corrected chi connectivity index (χ3v) is 3.21. The van der Waals surface area contributed by atoms with Gasteiger partial charge in [0.05, 0.1) is 17.1 Å². The third kappa shape index (κ3) is 3.08. The zero-order chi connectivity index (χ0) is 14.7. The summed E-state index contributed by atoms with van der Waals surface area (Å²) in [5.74, 6) is 0.858. The maximum absolute atomic E-state index is 13.1. The van der Waals surface area contributed by atoms with Crippen LogP contribution in [0.2, 0.25) is 0 Å². The number of rotatable bonds is 4. The van der Waals surface area contributed by atoms with Crippen LogP contribution in [0.15, 0.2) is 40.9 Å². The van der Waals surface area contributed by atoms with Crippen LogP contribution in [-0.2, 0) is 0 Å². The van der Waals surface area contributed by atoms with Crippen molar-refractivity contribution in [1.82, 2.24) is 0 Å². The number of hydrogen-bond acceptors (Lipinski definition) is 3. The topological polar surface area (TPSA) is 68.3 Å². The molecule has 0 aromatic heterocycles. The highest BCUT2D eigenvalue weighted by molar-refractivity contribution is 9.10. The van der Waals surface area contributed by atoms with E-state index < -0.39 is 0 Å². The van der Waals surface area contributed by atoms with E-state index >= 15 is 0 Å². The Morgan fingerprint density at radius 3 is 2.55 bits per heavy atom. The Balaban J connectivity index is 2.43. The highest BCUT2D eigenvalue weighted by Gasteiger charge is 2.11. The molecule has 0 aliphatic heterocycles. The van der Waals surface area contributed by atoms with Crippen LogP contribution >= 0.6 is 15.9 Å². The molecular weight excluding hydrogens is 327 g/mol. The largest absolute Gasteiger partial charge is 0.497 e. The third-order valence-electron chi connectivity index (χ3n) is 2.59. The summed E-state index contributed by atoms with van der Waals surface area (Å²) < 4.78 is 24.3. The second-order valence-corrected chi connectivity index (χ2v) is 4.81. The summed E-state index contributed by atoms with van der Waals surface area (Å²) in [6, 6.07) is 9.00. The normalized spacial score (nSPS) is 10.2. The van der Waals surface area contributed by atoms with E-state index in [0.717, 1.165) is 0 Å². The van der Waals surface area contributed by atoms with Crippen molar-refractivity contribution in [1.29, 1.82) is 5.41 Å². The molecular formula is C14H12BrFN2O2. The number of halogens is 2. The Labute approximate surface area is 124 Å². The molecule has 2 aromatic carbocycles. The first-order chi connectivity index (χ1) is 9.51. The lowest BCUT2D eigenvalue weighted by molar-refractivity contribution is 0.408. The van der Waals surface area contributed by atoms with Gasteiger partial charge >= 0.3 is 0 Å². The van der Waals surface area contributed by atoms with E-state index in [9.17, 15) is 4.39 Å². The Kier molecular flexibility index (Phi) is 4.24. The Bertz CT molecular complexity index is 662. The van der Waals surface area contributed by atoms with Gasteiger partial charge in [-0.3, -0.25) is 5.41 Å². The number of ether oxygens (including phenoxy) is 2. The minimum Gasteiger partial charge on any atom is -0.497 e. The predicted molar refractivity (Wildman–Crippen MR) is 78.2 cm³/mol. The molecule has 0 atom stereocenters. The number of amidine groups is 1. The van der Waals surface area contributed by atoms with Crippen molar-refractivity contribution in [2.75, 3.05) is 7.11 Å². The van der Waals surface area contributed by atoms with Crippen molar-refractivity contribution < 1.29 is 13.9 Å². The molecule has 0 fully saturated rings. The zero-order valence-electron chi connectivity index (χ0n) is 10.6. The molecule has 4 nitrogen and oxygen atoms in total. The van der Waals surface area contributed by atoms with Crippen LogP contribution in [0.5, 0.6) is 17.2 Å². The van der Waals surface area contributed by atoms with E-state index in [1.54, 1.807) is 18.2 Å². The quantitative estimate of drug-likeness (QED) is 0.660. The summed E-state index contributed by atoms with van der Waals surface area (Å²) in [5, 5.41) is 7.54. The van der Waals surface area contributed by atoms with E-state index in [2.05, 4.69) is 15.9 Å². The van der Waals surface area contributed by atoms with Gasteiger partial charge in [-0.15, -0.1) is 0 Å². The molecule has 104 valence electrons. The van der Waals surface area contributed by atoms with Crippen LogP contribution in [0.25, 0.3) is 0 Å². The molecule has 0 radical (unpaired) electrons. The summed E-state index contributed by atoms with van der Waals surface area (Å²) in [5.41, 5.74) is 5.95. The van der Waals surface area contributed by atoms with Gasteiger partial charge in [0.15, 0.2) is 0 Å². The number of nitrogens with two attached hydrogens (primary N) is 1. The summed E-state index contributed by atoms with van der Waals surface area (Å²) in [7, 11) is 1.53. The Hall–Kier alpha value is -2.08. The van der Waals surface area contributed by atoms with E-state index in [4.69, 9.17) is 20.6 Å². The van der Waals surface area contributed by atoms with Crippen LogP contribution in [0, 0.1) is 11.2 Å². The molecule has 0 aliphatic carbocycles. The molecule has 2 aromatic rings. The Morgan fingerprint density at radius 2 is 1.95 bits per heavy atom. The van der Waals surface area contributed by atoms with Gasteiger partial charge in [-0.25, -0.2) is 4.39 Å². The number of methoxy groups -OCH3 is 1. The summed E-state index contributed by atoms with van der Waals surface area (Å²) in [6.07, 6.45) is 0. The van der Waals surface area contributed by atoms with E-state index in [1.165, 1.54) is 25.3 Å². The zero-order valence-corrected chi connectivity index (χ0v) is 12.2. The van der Waals surface area contributed by atoms with Crippen LogP contribution in [0.4, 0.5) is 4.39 Å². The molecule has 2 rings (SSSR count). The van der Waals surface area contributed by atoms with Crippen molar-refractivity contribution in [2.45, 2.75) is 0 Å². The minimum absolute atomic E-state index is 0.124. The Morgan fingerprint density at radius 1 is 1.20 bits per heavy atom. The maximum Gasteiger partial charge on any atom is 0.142 e. The van der Waals surface area contributed by atoms with Crippen molar-refractivity contribution >= 4 is 21.8 Å². The number of nitrogen functional groups attached to an aromatic ring is 1. The number of benzene rings is 2. The standard InChI is InChI=1S/C14H12BrFN2O2/c1-19-9-3-4-10(14(17)18)13(7-9)20-12-5-2-8(16)6-11(12)15/h2-7H,1H3,(H3,17,18). The SMILES string of the molecule is COc1ccc(C(=N)N)c(Oc2ccc(F)cc2Br)c1. The summed E-state index contributed by atoms with van der Waals surface area (Å²) in [4.78, 5) is 0. The average molecular weight is 339 g/mol. The van der Waals surface area contributed by atoms with Crippen molar-refractivity contribution in [3.05, 3.63) is 52.3 Å². The first kappa shape index (κ1) is 14.3. The molecule has 6 heteroatoms. The summed E-state index contributed by atoms with van der Waals surface area (Å²) in [6.45, 7) is 0. The van der Waals surface area contributed by atoms with Gasteiger partial charge in [-0.05, 0) is 46.3 Å². The predicted octanol–water partition coefficient (Wildman–Crippen LogP) is 3.67. The van der Waals surface area contributed by atoms with Crippen LogP contribution < -0.4 is 15.2 Å². The molecule has 0 amide bonds. The molecule has 3 N–H and O–H groups in total. The molecule has 0 unspecified atom stereocenters. The van der Waals surface area contributed by atoms with E-state index in [-0.39, 0.29) is 11.7 Å². The van der Waals surface area contributed by atoms with Gasteiger partial charge < -0.3 is 15.2 Å². The first-order valence-electron chi connectivity index (χ1n) is 5.66. The average Bonchev–Trinajstić information content (AvgIpc) is 2.41. The molecule has 0 bridgehead atoms.